The molecule has 1 N–H and O–H groups in total. The maximum Gasteiger partial charge on any atom is 0.261 e. The summed E-state index contributed by atoms with van der Waals surface area (Å²) in [5.74, 6) is 0.128. The highest BCUT2D eigenvalue weighted by Gasteiger charge is 2.25. The normalized spacial score (nSPS) is 11.6. The zero-order valence-electron chi connectivity index (χ0n) is 15.5. The second-order valence-corrected chi connectivity index (χ2v) is 7.91. The molecule has 0 bridgehead atoms. The summed E-state index contributed by atoms with van der Waals surface area (Å²) in [6, 6.07) is 12.6. The molecular formula is C20H22Br2N2O3. The van der Waals surface area contributed by atoms with Crippen LogP contribution in [0.4, 0.5) is 0 Å². The molecule has 0 saturated carbocycles. The quantitative estimate of drug-likeness (QED) is 0.627. The summed E-state index contributed by atoms with van der Waals surface area (Å²) in [4.78, 5) is 26.5. The predicted molar refractivity (Wildman–Crippen MR) is 113 cm³/mol. The van der Waals surface area contributed by atoms with Gasteiger partial charge in [0.2, 0.25) is 5.91 Å². The predicted octanol–water partition coefficient (Wildman–Crippen LogP) is 4.06. The largest absolute Gasteiger partial charge is 0.484 e. The highest BCUT2D eigenvalue weighted by atomic mass is 79.9. The van der Waals surface area contributed by atoms with Gasteiger partial charge in [-0.25, -0.2) is 0 Å². The molecule has 0 heterocycles. The Morgan fingerprint density at radius 3 is 2.56 bits per heavy atom. The minimum Gasteiger partial charge on any atom is -0.484 e. The lowest BCUT2D eigenvalue weighted by atomic mass is 10.1. The third-order valence-electron chi connectivity index (χ3n) is 4.15. The zero-order valence-corrected chi connectivity index (χ0v) is 18.6. The number of likely N-dealkylation sites (N-methyl/N-ethyl adjacent to an activating group) is 1. The Hall–Kier alpha value is -1.86. The van der Waals surface area contributed by atoms with Gasteiger partial charge in [0.05, 0.1) is 0 Å². The molecule has 0 saturated heterocycles. The Morgan fingerprint density at radius 2 is 1.93 bits per heavy atom. The molecule has 2 rings (SSSR count). The summed E-state index contributed by atoms with van der Waals surface area (Å²) in [7, 11) is 1.56. The van der Waals surface area contributed by atoms with Crippen LogP contribution < -0.4 is 10.1 Å². The molecule has 2 aromatic rings. The second-order valence-electron chi connectivity index (χ2n) is 6.14. The molecule has 0 fully saturated rings. The first kappa shape index (κ1) is 21.4. The Bertz CT molecular complexity index is 827. The first-order chi connectivity index (χ1) is 12.8. The maximum absolute atomic E-state index is 12.8. The maximum atomic E-state index is 12.8. The molecule has 0 aliphatic carbocycles. The van der Waals surface area contributed by atoms with Gasteiger partial charge >= 0.3 is 0 Å². The summed E-state index contributed by atoms with van der Waals surface area (Å²) in [5, 5.41) is 2.60. The number of nitrogens with one attached hydrogen (secondary N) is 1. The van der Waals surface area contributed by atoms with Crippen molar-refractivity contribution in [3.8, 4) is 5.75 Å². The van der Waals surface area contributed by atoms with Crippen molar-refractivity contribution in [3.05, 3.63) is 62.5 Å². The van der Waals surface area contributed by atoms with Crippen LogP contribution in [0, 0.1) is 6.92 Å². The van der Waals surface area contributed by atoms with E-state index in [0.717, 1.165) is 20.1 Å². The molecule has 7 heteroatoms. The molecule has 144 valence electrons. The minimum atomic E-state index is -0.614. The lowest BCUT2D eigenvalue weighted by molar-refractivity contribution is -0.142. The average Bonchev–Trinajstić information content (AvgIpc) is 2.65. The molecule has 5 nitrogen and oxygen atoms in total. The van der Waals surface area contributed by atoms with Crippen LogP contribution in [0.15, 0.2) is 51.4 Å². The SMILES string of the molecule is CNC(=O)[C@@H](C)N(Cc1cccc(Br)c1)C(=O)COc1ccc(Br)c(C)c1. The lowest BCUT2D eigenvalue weighted by Gasteiger charge is -2.28. The van der Waals surface area contributed by atoms with Gasteiger partial charge in [-0.05, 0) is 55.3 Å². The Kier molecular flexibility index (Phi) is 7.86. The monoisotopic (exact) mass is 496 g/mol. The summed E-state index contributed by atoms with van der Waals surface area (Å²) in [6.07, 6.45) is 0. The Labute approximate surface area is 176 Å². The van der Waals surface area contributed by atoms with Crippen LogP contribution in [0.25, 0.3) is 0 Å². The molecular weight excluding hydrogens is 476 g/mol. The number of benzene rings is 2. The van der Waals surface area contributed by atoms with E-state index in [0.29, 0.717) is 12.3 Å². The van der Waals surface area contributed by atoms with E-state index >= 15 is 0 Å². The van der Waals surface area contributed by atoms with E-state index in [1.54, 1.807) is 20.0 Å². The van der Waals surface area contributed by atoms with Gasteiger partial charge in [0.1, 0.15) is 11.8 Å². The number of halogens is 2. The molecule has 2 amide bonds. The highest BCUT2D eigenvalue weighted by Crippen LogP contribution is 2.22. The van der Waals surface area contributed by atoms with Crippen LogP contribution in [0.1, 0.15) is 18.1 Å². The molecule has 27 heavy (non-hydrogen) atoms. The van der Waals surface area contributed by atoms with E-state index < -0.39 is 6.04 Å². The number of aryl methyl sites for hydroxylation is 1. The molecule has 0 aliphatic heterocycles. The summed E-state index contributed by atoms with van der Waals surface area (Å²) >= 11 is 6.87. The Balaban J connectivity index is 2.14. The van der Waals surface area contributed by atoms with Gasteiger partial charge in [-0.15, -0.1) is 0 Å². The van der Waals surface area contributed by atoms with Gasteiger partial charge in [-0.1, -0.05) is 44.0 Å². The van der Waals surface area contributed by atoms with Gasteiger partial charge in [0, 0.05) is 22.5 Å². The van der Waals surface area contributed by atoms with E-state index in [2.05, 4.69) is 37.2 Å². The van der Waals surface area contributed by atoms with Crippen LogP contribution >= 0.6 is 31.9 Å². The van der Waals surface area contributed by atoms with Crippen molar-refractivity contribution in [3.63, 3.8) is 0 Å². The van der Waals surface area contributed by atoms with Crippen LogP contribution in [-0.4, -0.2) is 36.4 Å². The van der Waals surface area contributed by atoms with E-state index in [-0.39, 0.29) is 18.4 Å². The van der Waals surface area contributed by atoms with Crippen molar-refractivity contribution in [2.75, 3.05) is 13.7 Å². The number of rotatable bonds is 7. The number of carbonyl (C=O) groups is 2. The standard InChI is InChI=1S/C20H22Br2N2O3/c1-13-9-17(7-8-18(13)22)27-12-19(25)24(14(2)20(26)23-3)11-15-5-4-6-16(21)10-15/h4-10,14H,11-12H2,1-3H3,(H,23,26)/t14-/m1/s1. The van der Waals surface area contributed by atoms with Crippen molar-refractivity contribution in [2.24, 2.45) is 0 Å². The van der Waals surface area contributed by atoms with Crippen LogP contribution in [0.5, 0.6) is 5.75 Å². The molecule has 0 spiro atoms. The molecule has 0 radical (unpaired) electrons. The topological polar surface area (TPSA) is 58.6 Å². The van der Waals surface area contributed by atoms with Gasteiger partial charge in [0.15, 0.2) is 6.61 Å². The number of nitrogens with zero attached hydrogens (tertiary/aromatic N) is 1. The van der Waals surface area contributed by atoms with Gasteiger partial charge < -0.3 is 15.0 Å². The number of hydrogen-bond donors (Lipinski definition) is 1. The number of ether oxygens (including phenoxy) is 1. The van der Waals surface area contributed by atoms with Crippen molar-refractivity contribution in [1.82, 2.24) is 10.2 Å². The summed E-state index contributed by atoms with van der Waals surface area (Å²) in [5.41, 5.74) is 1.94. The van der Waals surface area contributed by atoms with E-state index in [4.69, 9.17) is 4.74 Å². The lowest BCUT2D eigenvalue weighted by Crippen LogP contribution is -2.48. The minimum absolute atomic E-state index is 0.142. The molecule has 0 aliphatic rings. The van der Waals surface area contributed by atoms with Crippen molar-refractivity contribution in [2.45, 2.75) is 26.4 Å². The Morgan fingerprint density at radius 1 is 1.19 bits per heavy atom. The summed E-state index contributed by atoms with van der Waals surface area (Å²) < 4.78 is 7.55. The van der Waals surface area contributed by atoms with E-state index in [1.807, 2.05) is 43.3 Å². The molecule has 2 aromatic carbocycles. The van der Waals surface area contributed by atoms with E-state index in [9.17, 15) is 9.59 Å². The van der Waals surface area contributed by atoms with Crippen molar-refractivity contribution in [1.29, 1.82) is 0 Å². The highest BCUT2D eigenvalue weighted by molar-refractivity contribution is 9.10. The van der Waals surface area contributed by atoms with Crippen LogP contribution in [0.3, 0.4) is 0 Å². The fourth-order valence-electron chi connectivity index (χ4n) is 2.56. The van der Waals surface area contributed by atoms with Crippen LogP contribution in [0.2, 0.25) is 0 Å². The first-order valence-corrected chi connectivity index (χ1v) is 10.0. The fourth-order valence-corrected chi connectivity index (χ4v) is 3.25. The van der Waals surface area contributed by atoms with Gasteiger partial charge in [-0.3, -0.25) is 9.59 Å². The van der Waals surface area contributed by atoms with Gasteiger partial charge in [0.25, 0.3) is 5.91 Å². The van der Waals surface area contributed by atoms with E-state index in [1.165, 1.54) is 4.90 Å². The second kappa shape index (κ2) is 9.90. The zero-order chi connectivity index (χ0) is 20.0. The fraction of sp³-hybridized carbons (Fsp3) is 0.300. The van der Waals surface area contributed by atoms with Crippen molar-refractivity contribution < 1.29 is 14.3 Å². The first-order valence-electron chi connectivity index (χ1n) is 8.46. The smallest absolute Gasteiger partial charge is 0.261 e. The average molecular weight is 498 g/mol. The number of carbonyl (C=O) groups excluding carboxylic acids is 2. The third-order valence-corrected chi connectivity index (χ3v) is 5.53. The number of hydrogen-bond acceptors (Lipinski definition) is 3. The molecule has 0 aromatic heterocycles. The number of amides is 2. The molecule has 0 unspecified atom stereocenters. The molecule has 1 atom stereocenters. The van der Waals surface area contributed by atoms with Crippen molar-refractivity contribution >= 4 is 43.7 Å². The summed E-state index contributed by atoms with van der Waals surface area (Å²) in [6.45, 7) is 3.83. The third kappa shape index (κ3) is 6.07. The van der Waals surface area contributed by atoms with Gasteiger partial charge in [-0.2, -0.15) is 0 Å². The van der Waals surface area contributed by atoms with Crippen LogP contribution in [-0.2, 0) is 16.1 Å².